The molecule has 1 aromatic carbocycles. The summed E-state index contributed by atoms with van der Waals surface area (Å²) >= 11 is 0. The number of H-pyrrole nitrogens is 1. The third kappa shape index (κ3) is 1.75. The Labute approximate surface area is 90.0 Å². The van der Waals surface area contributed by atoms with Gasteiger partial charge < -0.3 is 10.7 Å². The molecule has 0 aliphatic carbocycles. The Kier molecular flexibility index (Phi) is 2.17. The second kappa shape index (κ2) is 3.29. The number of aromatic amines is 1. The fourth-order valence-electron chi connectivity index (χ4n) is 1.26. The average Bonchev–Trinajstić information content (AvgIpc) is 2.58. The van der Waals surface area contributed by atoms with Crippen molar-refractivity contribution in [2.75, 3.05) is 0 Å². The van der Waals surface area contributed by atoms with E-state index in [0.717, 1.165) is 0 Å². The summed E-state index contributed by atoms with van der Waals surface area (Å²) in [5.41, 5.74) is 5.90. The summed E-state index contributed by atoms with van der Waals surface area (Å²) in [5, 5.41) is -0.566. The average molecular weight is 241 g/mol. The Hall–Kier alpha value is -1.93. The quantitative estimate of drug-likeness (QED) is 0.633. The molecular formula is C8H7N3O4S. The van der Waals surface area contributed by atoms with Gasteiger partial charge in [0.2, 0.25) is 5.91 Å². The zero-order valence-electron chi connectivity index (χ0n) is 7.84. The monoisotopic (exact) mass is 241 g/mol. The molecule has 0 aliphatic rings. The van der Waals surface area contributed by atoms with Gasteiger partial charge in [0.25, 0.3) is 5.16 Å². The summed E-state index contributed by atoms with van der Waals surface area (Å²) in [6, 6.07) is 4.21. The van der Waals surface area contributed by atoms with Gasteiger partial charge in [0.05, 0.1) is 11.0 Å². The number of hydrogen-bond donors (Lipinski definition) is 3. The van der Waals surface area contributed by atoms with Crippen molar-refractivity contribution >= 4 is 27.1 Å². The van der Waals surface area contributed by atoms with Crippen molar-refractivity contribution in [3.05, 3.63) is 23.8 Å². The fourth-order valence-corrected chi connectivity index (χ4v) is 1.71. The van der Waals surface area contributed by atoms with Crippen molar-refractivity contribution in [2.24, 2.45) is 5.73 Å². The van der Waals surface area contributed by atoms with Crippen LogP contribution in [0.4, 0.5) is 0 Å². The molecule has 0 spiro atoms. The molecule has 8 heteroatoms. The number of nitrogens with one attached hydrogen (secondary N) is 1. The van der Waals surface area contributed by atoms with Gasteiger partial charge in [-0.2, -0.15) is 8.42 Å². The van der Waals surface area contributed by atoms with Crippen LogP contribution in [-0.4, -0.2) is 28.8 Å². The zero-order valence-corrected chi connectivity index (χ0v) is 8.65. The van der Waals surface area contributed by atoms with Gasteiger partial charge in [-0.15, -0.1) is 0 Å². The lowest BCUT2D eigenvalue weighted by Gasteiger charge is -1.93. The molecule has 4 N–H and O–H groups in total. The number of primary amides is 1. The van der Waals surface area contributed by atoms with Gasteiger partial charge >= 0.3 is 10.1 Å². The van der Waals surface area contributed by atoms with E-state index in [1.807, 2.05) is 0 Å². The smallest absolute Gasteiger partial charge is 0.328 e. The Bertz CT molecular complexity index is 674. The molecule has 0 unspecified atom stereocenters. The molecule has 0 radical (unpaired) electrons. The second-order valence-corrected chi connectivity index (χ2v) is 4.45. The highest BCUT2D eigenvalue weighted by Gasteiger charge is 2.15. The number of hydrogen-bond acceptors (Lipinski definition) is 4. The zero-order chi connectivity index (χ0) is 11.9. The molecule has 1 aromatic heterocycles. The molecular weight excluding hydrogens is 234 g/mol. The predicted octanol–water partition coefficient (Wildman–Crippen LogP) is -0.0915. The molecule has 1 heterocycles. The number of amides is 1. The summed E-state index contributed by atoms with van der Waals surface area (Å²) in [7, 11) is -4.38. The number of aromatic nitrogens is 2. The molecule has 0 saturated heterocycles. The summed E-state index contributed by atoms with van der Waals surface area (Å²) in [6.45, 7) is 0. The summed E-state index contributed by atoms with van der Waals surface area (Å²) in [6.07, 6.45) is 0. The van der Waals surface area contributed by atoms with Crippen molar-refractivity contribution < 1.29 is 17.8 Å². The molecule has 0 atom stereocenters. The van der Waals surface area contributed by atoms with Gasteiger partial charge in [-0.1, -0.05) is 0 Å². The lowest BCUT2D eigenvalue weighted by atomic mass is 10.2. The van der Waals surface area contributed by atoms with E-state index in [1.165, 1.54) is 18.2 Å². The van der Waals surface area contributed by atoms with E-state index < -0.39 is 21.2 Å². The van der Waals surface area contributed by atoms with Crippen LogP contribution in [0.25, 0.3) is 11.0 Å². The number of imidazole rings is 1. The molecule has 0 aliphatic heterocycles. The normalized spacial score (nSPS) is 11.8. The van der Waals surface area contributed by atoms with Crippen LogP contribution < -0.4 is 5.73 Å². The van der Waals surface area contributed by atoms with Gasteiger partial charge in [-0.25, -0.2) is 4.98 Å². The molecule has 2 rings (SSSR count). The number of carbonyl (C=O) groups is 1. The molecule has 1 amide bonds. The highest BCUT2D eigenvalue weighted by Crippen LogP contribution is 2.15. The van der Waals surface area contributed by atoms with Crippen LogP contribution in [0.5, 0.6) is 0 Å². The minimum atomic E-state index is -4.38. The Morgan fingerprint density at radius 2 is 2.12 bits per heavy atom. The first-order valence-corrected chi connectivity index (χ1v) is 5.59. The van der Waals surface area contributed by atoms with E-state index in [1.54, 1.807) is 0 Å². The Balaban J connectivity index is 2.68. The second-order valence-electron chi connectivity index (χ2n) is 3.11. The minimum absolute atomic E-state index is 0.220. The summed E-state index contributed by atoms with van der Waals surface area (Å²) in [5.74, 6) is -0.634. The lowest BCUT2D eigenvalue weighted by molar-refractivity contribution is 0.100. The maximum atomic E-state index is 10.9. The lowest BCUT2D eigenvalue weighted by Crippen LogP contribution is -2.10. The van der Waals surface area contributed by atoms with Gasteiger partial charge in [-0.3, -0.25) is 9.35 Å². The molecule has 0 fully saturated rings. The number of carbonyl (C=O) groups excluding carboxylic acids is 1. The topological polar surface area (TPSA) is 126 Å². The predicted molar refractivity (Wildman–Crippen MR) is 54.4 cm³/mol. The Morgan fingerprint density at radius 3 is 2.69 bits per heavy atom. The van der Waals surface area contributed by atoms with Crippen molar-refractivity contribution in [1.82, 2.24) is 9.97 Å². The number of nitrogens with zero attached hydrogens (tertiary/aromatic N) is 1. The molecule has 16 heavy (non-hydrogen) atoms. The maximum Gasteiger partial charge on any atom is 0.328 e. The van der Waals surface area contributed by atoms with Gasteiger partial charge in [0.1, 0.15) is 0 Å². The highest BCUT2D eigenvalue weighted by atomic mass is 32.2. The van der Waals surface area contributed by atoms with E-state index in [0.29, 0.717) is 11.0 Å². The molecule has 2 aromatic rings. The number of rotatable bonds is 2. The SMILES string of the molecule is NC(=O)c1ccc2nc(S(=O)(=O)O)[nH]c2c1. The number of nitrogens with two attached hydrogens (primary N) is 1. The van der Waals surface area contributed by atoms with Gasteiger partial charge in [0, 0.05) is 5.56 Å². The first-order chi connectivity index (χ1) is 7.38. The van der Waals surface area contributed by atoms with E-state index in [4.69, 9.17) is 10.3 Å². The van der Waals surface area contributed by atoms with Crippen LogP contribution in [0.2, 0.25) is 0 Å². The highest BCUT2D eigenvalue weighted by molar-refractivity contribution is 7.85. The first-order valence-electron chi connectivity index (χ1n) is 4.15. The summed E-state index contributed by atoms with van der Waals surface area (Å²) in [4.78, 5) is 16.9. The third-order valence-corrected chi connectivity index (χ3v) is 2.67. The standard InChI is InChI=1S/C8H7N3O4S/c9-7(12)4-1-2-5-6(3-4)11-8(10-5)16(13,14)15/h1-3H,(H2,9,12)(H,10,11)(H,13,14,15). The maximum absolute atomic E-state index is 10.9. The van der Waals surface area contributed by atoms with Gasteiger partial charge in [-0.05, 0) is 18.2 Å². The first kappa shape index (κ1) is 10.6. The van der Waals surface area contributed by atoms with E-state index >= 15 is 0 Å². The van der Waals surface area contributed by atoms with Crippen LogP contribution in [-0.2, 0) is 10.1 Å². The van der Waals surface area contributed by atoms with Crippen molar-refractivity contribution in [3.8, 4) is 0 Å². The van der Waals surface area contributed by atoms with E-state index in [2.05, 4.69) is 9.97 Å². The van der Waals surface area contributed by atoms with E-state index in [-0.39, 0.29) is 5.56 Å². The largest absolute Gasteiger partial charge is 0.366 e. The number of benzene rings is 1. The van der Waals surface area contributed by atoms with Crippen LogP contribution in [0, 0.1) is 0 Å². The van der Waals surface area contributed by atoms with Crippen molar-refractivity contribution in [3.63, 3.8) is 0 Å². The van der Waals surface area contributed by atoms with Crippen LogP contribution in [0.3, 0.4) is 0 Å². The number of fused-ring (bicyclic) bond motifs is 1. The van der Waals surface area contributed by atoms with Crippen LogP contribution in [0.15, 0.2) is 23.4 Å². The van der Waals surface area contributed by atoms with Crippen molar-refractivity contribution in [2.45, 2.75) is 5.16 Å². The molecule has 84 valence electrons. The van der Waals surface area contributed by atoms with Crippen molar-refractivity contribution in [1.29, 1.82) is 0 Å². The van der Waals surface area contributed by atoms with Gasteiger partial charge in [0.15, 0.2) is 0 Å². The molecule has 0 saturated carbocycles. The molecule has 0 bridgehead atoms. The van der Waals surface area contributed by atoms with Crippen LogP contribution >= 0.6 is 0 Å². The fraction of sp³-hybridized carbons (Fsp3) is 0. The van der Waals surface area contributed by atoms with Crippen LogP contribution in [0.1, 0.15) is 10.4 Å². The van der Waals surface area contributed by atoms with E-state index in [9.17, 15) is 13.2 Å². The minimum Gasteiger partial charge on any atom is -0.366 e. The Morgan fingerprint density at radius 1 is 1.44 bits per heavy atom. The third-order valence-electron chi connectivity index (χ3n) is 1.99. The summed E-state index contributed by atoms with van der Waals surface area (Å²) < 4.78 is 30.3. The molecule has 7 nitrogen and oxygen atoms in total.